The van der Waals surface area contributed by atoms with Gasteiger partial charge < -0.3 is 25.0 Å². The Balaban J connectivity index is 1.38. The Morgan fingerprint density at radius 1 is 1.15 bits per heavy atom. The summed E-state index contributed by atoms with van der Waals surface area (Å²) in [7, 11) is 1.75. The minimum Gasteiger partial charge on any atom is -0.490 e. The third-order valence-electron chi connectivity index (χ3n) is 6.15. The molecule has 1 fully saturated rings. The fourth-order valence-corrected chi connectivity index (χ4v) is 4.52. The van der Waals surface area contributed by atoms with E-state index in [4.69, 9.17) is 21.1 Å². The number of benzene rings is 2. The number of rotatable bonds is 5. The lowest BCUT2D eigenvalue weighted by atomic mass is 9.94. The molecule has 3 amide bonds. The topological polar surface area (TPSA) is 97.0 Å². The van der Waals surface area contributed by atoms with Crippen LogP contribution in [0, 0.1) is 0 Å². The molecule has 0 bridgehead atoms. The highest BCUT2D eigenvalue weighted by atomic mass is 35.5. The summed E-state index contributed by atoms with van der Waals surface area (Å²) < 4.78 is 12.2. The van der Waals surface area contributed by atoms with E-state index in [1.807, 2.05) is 12.1 Å². The first-order chi connectivity index (χ1) is 16.3. The Kier molecular flexibility index (Phi) is 7.38. The van der Waals surface area contributed by atoms with Crippen LogP contribution in [0.5, 0.6) is 5.75 Å². The SMILES string of the molecule is CC(=O)Nc1ccc2c(c1)C(=O)N(C)[C@@H]1CC[C@H](CC(=O)NCc3ccc(Cl)cc3)O[C@@H]1CO2. The van der Waals surface area contributed by atoms with Crippen molar-refractivity contribution in [2.75, 3.05) is 19.0 Å². The van der Waals surface area contributed by atoms with E-state index in [2.05, 4.69) is 10.6 Å². The van der Waals surface area contributed by atoms with Gasteiger partial charge in [0.2, 0.25) is 11.8 Å². The second-order valence-corrected chi connectivity index (χ2v) is 9.10. The molecule has 2 heterocycles. The molecule has 0 radical (unpaired) electrons. The lowest BCUT2D eigenvalue weighted by Gasteiger charge is -2.42. The number of fused-ring (bicyclic) bond motifs is 2. The number of carbonyl (C=O) groups is 3. The number of amides is 3. The van der Waals surface area contributed by atoms with Crippen molar-refractivity contribution in [2.45, 2.75) is 51.0 Å². The predicted octanol–water partition coefficient (Wildman–Crippen LogP) is 3.39. The van der Waals surface area contributed by atoms with Crippen LogP contribution in [-0.4, -0.2) is 54.5 Å². The first-order valence-electron chi connectivity index (χ1n) is 11.3. The first-order valence-corrected chi connectivity index (χ1v) is 11.7. The van der Waals surface area contributed by atoms with Crippen molar-refractivity contribution in [2.24, 2.45) is 0 Å². The predicted molar refractivity (Wildman–Crippen MR) is 128 cm³/mol. The molecule has 2 aliphatic heterocycles. The van der Waals surface area contributed by atoms with Gasteiger partial charge in [-0.3, -0.25) is 14.4 Å². The minimum absolute atomic E-state index is 0.0922. The summed E-state index contributed by atoms with van der Waals surface area (Å²) in [6, 6.07) is 12.2. The van der Waals surface area contributed by atoms with Crippen LogP contribution in [0.15, 0.2) is 42.5 Å². The maximum absolute atomic E-state index is 13.2. The van der Waals surface area contributed by atoms with E-state index < -0.39 is 0 Å². The van der Waals surface area contributed by atoms with E-state index in [0.29, 0.717) is 41.4 Å². The van der Waals surface area contributed by atoms with Crippen LogP contribution in [0.2, 0.25) is 5.02 Å². The summed E-state index contributed by atoms with van der Waals surface area (Å²) in [6.45, 7) is 2.10. The molecule has 2 aromatic carbocycles. The van der Waals surface area contributed by atoms with E-state index >= 15 is 0 Å². The molecule has 2 aromatic rings. The maximum Gasteiger partial charge on any atom is 0.257 e. The van der Waals surface area contributed by atoms with E-state index in [1.54, 1.807) is 42.3 Å². The van der Waals surface area contributed by atoms with Crippen LogP contribution >= 0.6 is 11.6 Å². The van der Waals surface area contributed by atoms with Crippen molar-refractivity contribution < 1.29 is 23.9 Å². The van der Waals surface area contributed by atoms with Gasteiger partial charge >= 0.3 is 0 Å². The Morgan fingerprint density at radius 2 is 1.91 bits per heavy atom. The number of halogens is 1. The van der Waals surface area contributed by atoms with Gasteiger partial charge in [0.15, 0.2) is 0 Å². The molecule has 0 saturated carbocycles. The third-order valence-corrected chi connectivity index (χ3v) is 6.40. The lowest BCUT2D eigenvalue weighted by Crippen LogP contribution is -2.53. The Labute approximate surface area is 203 Å². The van der Waals surface area contributed by atoms with Crippen molar-refractivity contribution in [1.82, 2.24) is 10.2 Å². The zero-order chi connectivity index (χ0) is 24.2. The highest BCUT2D eigenvalue weighted by Gasteiger charge is 2.39. The van der Waals surface area contributed by atoms with Gasteiger partial charge in [-0.2, -0.15) is 0 Å². The molecule has 4 rings (SSSR count). The molecular weight excluding hydrogens is 458 g/mol. The average Bonchev–Trinajstić information content (AvgIpc) is 2.81. The number of nitrogens with one attached hydrogen (secondary N) is 2. The fourth-order valence-electron chi connectivity index (χ4n) is 4.39. The van der Waals surface area contributed by atoms with E-state index in [-0.39, 0.29) is 49.0 Å². The van der Waals surface area contributed by atoms with Gasteiger partial charge in [0.05, 0.1) is 24.1 Å². The summed E-state index contributed by atoms with van der Waals surface area (Å²) in [5, 5.41) is 6.27. The van der Waals surface area contributed by atoms with E-state index in [1.165, 1.54) is 6.92 Å². The number of anilines is 1. The normalized spacial score (nSPS) is 21.9. The molecule has 0 spiro atoms. The van der Waals surface area contributed by atoms with Crippen molar-refractivity contribution in [3.63, 3.8) is 0 Å². The summed E-state index contributed by atoms with van der Waals surface area (Å²) >= 11 is 5.90. The molecule has 3 atom stereocenters. The lowest BCUT2D eigenvalue weighted by molar-refractivity contribution is -0.134. The molecule has 0 aliphatic carbocycles. The van der Waals surface area contributed by atoms with Crippen molar-refractivity contribution in [3.05, 3.63) is 58.6 Å². The average molecular weight is 486 g/mol. The Morgan fingerprint density at radius 3 is 2.65 bits per heavy atom. The minimum atomic E-state index is -0.347. The number of likely N-dealkylation sites (N-methyl/N-ethyl adjacent to an activating group) is 1. The smallest absolute Gasteiger partial charge is 0.257 e. The van der Waals surface area contributed by atoms with Crippen LogP contribution in [-0.2, 0) is 20.9 Å². The molecule has 2 N–H and O–H groups in total. The second-order valence-electron chi connectivity index (χ2n) is 8.67. The fraction of sp³-hybridized carbons (Fsp3) is 0.400. The second kappa shape index (κ2) is 10.4. The summed E-state index contributed by atoms with van der Waals surface area (Å²) in [4.78, 5) is 38.7. The van der Waals surface area contributed by atoms with Gasteiger partial charge in [-0.1, -0.05) is 23.7 Å². The van der Waals surface area contributed by atoms with Crippen molar-refractivity contribution in [3.8, 4) is 5.75 Å². The van der Waals surface area contributed by atoms with Crippen molar-refractivity contribution >= 4 is 35.0 Å². The van der Waals surface area contributed by atoms with E-state index in [0.717, 1.165) is 5.56 Å². The first kappa shape index (κ1) is 24.0. The van der Waals surface area contributed by atoms with Crippen LogP contribution < -0.4 is 15.4 Å². The molecule has 2 aliphatic rings. The molecule has 180 valence electrons. The van der Waals surface area contributed by atoms with Gasteiger partial charge in [-0.25, -0.2) is 0 Å². The number of nitrogens with zero attached hydrogens (tertiary/aromatic N) is 1. The highest BCUT2D eigenvalue weighted by Crippen LogP contribution is 2.32. The Hall–Kier alpha value is -3.10. The summed E-state index contributed by atoms with van der Waals surface area (Å²) in [5.41, 5.74) is 1.91. The van der Waals surface area contributed by atoms with Gasteiger partial charge in [0.25, 0.3) is 5.91 Å². The molecule has 8 nitrogen and oxygen atoms in total. The number of hydrogen-bond acceptors (Lipinski definition) is 5. The molecule has 34 heavy (non-hydrogen) atoms. The van der Waals surface area contributed by atoms with Gasteiger partial charge in [0.1, 0.15) is 18.5 Å². The highest BCUT2D eigenvalue weighted by molar-refractivity contribution is 6.30. The van der Waals surface area contributed by atoms with Crippen molar-refractivity contribution in [1.29, 1.82) is 0 Å². The van der Waals surface area contributed by atoms with Crippen LogP contribution in [0.25, 0.3) is 0 Å². The van der Waals surface area contributed by atoms with Gasteiger partial charge in [0, 0.05) is 31.2 Å². The zero-order valence-electron chi connectivity index (χ0n) is 19.2. The number of carbonyl (C=O) groups excluding carboxylic acids is 3. The van der Waals surface area contributed by atoms with Crippen LogP contribution in [0.4, 0.5) is 5.69 Å². The zero-order valence-corrected chi connectivity index (χ0v) is 19.9. The van der Waals surface area contributed by atoms with Gasteiger partial charge in [-0.15, -0.1) is 0 Å². The molecule has 9 heteroatoms. The van der Waals surface area contributed by atoms with Crippen LogP contribution in [0.1, 0.15) is 42.1 Å². The quantitative estimate of drug-likeness (QED) is 0.676. The summed E-state index contributed by atoms with van der Waals surface area (Å²) in [5.74, 6) is -0.0579. The van der Waals surface area contributed by atoms with Gasteiger partial charge in [-0.05, 0) is 48.7 Å². The van der Waals surface area contributed by atoms with Crippen LogP contribution in [0.3, 0.4) is 0 Å². The third kappa shape index (κ3) is 5.69. The maximum atomic E-state index is 13.2. The standard InChI is InChI=1S/C25H28ClN3O5/c1-15(30)28-18-7-10-22-20(11-18)25(32)29(2)21-9-8-19(34-23(21)14-33-22)12-24(31)27-13-16-3-5-17(26)6-4-16/h3-7,10-11,19,21,23H,8-9,12-14H2,1-2H3,(H,27,31)(H,28,30)/t19-,21-,23-/m1/s1. The monoisotopic (exact) mass is 485 g/mol. The molecule has 1 saturated heterocycles. The molecular formula is C25H28ClN3O5. The Bertz CT molecular complexity index is 1070. The number of ether oxygens (including phenoxy) is 2. The van der Waals surface area contributed by atoms with E-state index in [9.17, 15) is 14.4 Å². The largest absolute Gasteiger partial charge is 0.490 e. The molecule has 0 aromatic heterocycles. The summed E-state index contributed by atoms with van der Waals surface area (Å²) in [6.07, 6.45) is 1.00. The number of hydrogen-bond donors (Lipinski definition) is 2. The molecule has 0 unspecified atom stereocenters.